The molecule has 0 saturated carbocycles. The van der Waals surface area contributed by atoms with Crippen molar-refractivity contribution in [2.45, 2.75) is 20.4 Å². The average molecular weight is 492 g/mol. The molecular formula is C17H23ClIN5S. The minimum Gasteiger partial charge on any atom is -0.370 e. The molecular weight excluding hydrogens is 469 g/mol. The van der Waals surface area contributed by atoms with Gasteiger partial charge < -0.3 is 15.5 Å². The Bertz CT molecular complexity index is 723. The first-order chi connectivity index (χ1) is 11.5. The van der Waals surface area contributed by atoms with Crippen molar-refractivity contribution in [1.29, 1.82) is 0 Å². The lowest BCUT2D eigenvalue weighted by atomic mass is 10.2. The summed E-state index contributed by atoms with van der Waals surface area (Å²) in [6, 6.07) is 7.98. The number of piperazine rings is 1. The van der Waals surface area contributed by atoms with Crippen molar-refractivity contribution in [3.05, 3.63) is 44.9 Å². The summed E-state index contributed by atoms with van der Waals surface area (Å²) in [6.45, 7) is 8.25. The monoisotopic (exact) mass is 491 g/mol. The fourth-order valence-electron chi connectivity index (χ4n) is 2.82. The summed E-state index contributed by atoms with van der Waals surface area (Å²) in [5.41, 5.74) is 8.44. The lowest BCUT2D eigenvalue weighted by Crippen LogP contribution is -2.51. The second kappa shape index (κ2) is 9.05. The van der Waals surface area contributed by atoms with Crippen molar-refractivity contribution in [2.75, 3.05) is 31.1 Å². The van der Waals surface area contributed by atoms with Crippen molar-refractivity contribution in [2.24, 2.45) is 10.7 Å². The number of aryl methyl sites for hydroxylation is 2. The van der Waals surface area contributed by atoms with Gasteiger partial charge in [0.15, 0.2) is 5.96 Å². The van der Waals surface area contributed by atoms with Gasteiger partial charge in [0.1, 0.15) is 0 Å². The third-order valence-electron chi connectivity index (χ3n) is 4.18. The third kappa shape index (κ3) is 5.21. The van der Waals surface area contributed by atoms with Gasteiger partial charge in [0, 0.05) is 41.8 Å². The molecule has 0 amide bonds. The van der Waals surface area contributed by atoms with Crippen molar-refractivity contribution in [3.63, 3.8) is 0 Å². The molecule has 1 aromatic heterocycles. The van der Waals surface area contributed by atoms with E-state index in [1.165, 1.54) is 10.6 Å². The molecule has 0 aliphatic carbocycles. The van der Waals surface area contributed by atoms with Gasteiger partial charge in [-0.05, 0) is 38.1 Å². The van der Waals surface area contributed by atoms with E-state index >= 15 is 0 Å². The minimum atomic E-state index is 0. The predicted octanol–water partition coefficient (Wildman–Crippen LogP) is 3.67. The summed E-state index contributed by atoms with van der Waals surface area (Å²) in [5, 5.41) is 1.84. The molecule has 8 heteroatoms. The predicted molar refractivity (Wildman–Crippen MR) is 118 cm³/mol. The van der Waals surface area contributed by atoms with E-state index in [0.29, 0.717) is 12.5 Å². The van der Waals surface area contributed by atoms with Crippen LogP contribution >= 0.6 is 46.9 Å². The lowest BCUT2D eigenvalue weighted by Gasteiger charge is -2.36. The fourth-order valence-corrected chi connectivity index (χ4v) is 3.81. The molecule has 0 spiro atoms. The molecule has 2 aromatic rings. The van der Waals surface area contributed by atoms with Crippen LogP contribution in [0.5, 0.6) is 0 Å². The van der Waals surface area contributed by atoms with Gasteiger partial charge in [-0.3, -0.25) is 0 Å². The van der Waals surface area contributed by atoms with E-state index in [1.54, 1.807) is 11.3 Å². The number of benzene rings is 1. The van der Waals surface area contributed by atoms with Crippen LogP contribution < -0.4 is 10.6 Å². The van der Waals surface area contributed by atoms with Crippen LogP contribution in [0.3, 0.4) is 0 Å². The second-order valence-electron chi connectivity index (χ2n) is 5.87. The summed E-state index contributed by atoms with van der Waals surface area (Å²) >= 11 is 7.64. The van der Waals surface area contributed by atoms with Gasteiger partial charge in [-0.25, -0.2) is 9.98 Å². The van der Waals surface area contributed by atoms with Crippen LogP contribution in [0.4, 0.5) is 5.69 Å². The van der Waals surface area contributed by atoms with Crippen LogP contribution in [0.1, 0.15) is 15.6 Å². The van der Waals surface area contributed by atoms with Crippen LogP contribution in [-0.2, 0) is 6.54 Å². The van der Waals surface area contributed by atoms with Gasteiger partial charge in [0.05, 0.1) is 17.2 Å². The fraction of sp³-hybridized carbons (Fsp3) is 0.412. The molecule has 0 unspecified atom stereocenters. The number of thiazole rings is 1. The molecule has 2 heterocycles. The van der Waals surface area contributed by atoms with Crippen molar-refractivity contribution < 1.29 is 0 Å². The summed E-state index contributed by atoms with van der Waals surface area (Å²) in [4.78, 5) is 14.7. The summed E-state index contributed by atoms with van der Waals surface area (Å²) in [7, 11) is 0. The molecule has 0 radical (unpaired) electrons. The molecule has 1 aliphatic heterocycles. The van der Waals surface area contributed by atoms with E-state index in [-0.39, 0.29) is 24.0 Å². The van der Waals surface area contributed by atoms with Crippen molar-refractivity contribution in [3.8, 4) is 0 Å². The molecule has 3 rings (SSSR count). The number of rotatable bonds is 3. The summed E-state index contributed by atoms with van der Waals surface area (Å²) in [5.74, 6) is 0.621. The Hall–Kier alpha value is -1.06. The van der Waals surface area contributed by atoms with Gasteiger partial charge in [0.25, 0.3) is 0 Å². The van der Waals surface area contributed by atoms with Crippen LogP contribution in [0, 0.1) is 13.8 Å². The van der Waals surface area contributed by atoms with E-state index in [4.69, 9.17) is 17.3 Å². The highest BCUT2D eigenvalue weighted by Crippen LogP contribution is 2.20. The molecule has 1 aliphatic rings. The molecule has 0 bridgehead atoms. The largest absolute Gasteiger partial charge is 0.370 e. The van der Waals surface area contributed by atoms with E-state index in [2.05, 4.69) is 31.9 Å². The number of hydrogen-bond acceptors (Lipinski definition) is 4. The molecule has 25 heavy (non-hydrogen) atoms. The third-order valence-corrected chi connectivity index (χ3v) is 5.49. The highest BCUT2D eigenvalue weighted by Gasteiger charge is 2.18. The van der Waals surface area contributed by atoms with Crippen LogP contribution in [0.25, 0.3) is 0 Å². The second-order valence-corrected chi connectivity index (χ2v) is 7.59. The molecule has 1 aromatic carbocycles. The highest BCUT2D eigenvalue weighted by molar-refractivity contribution is 14.0. The maximum atomic E-state index is 6.18. The number of aromatic nitrogens is 1. The molecule has 1 fully saturated rings. The molecule has 1 saturated heterocycles. The lowest BCUT2D eigenvalue weighted by molar-refractivity contribution is 0.381. The molecule has 2 N–H and O–H groups in total. The number of nitrogens with zero attached hydrogens (tertiary/aromatic N) is 4. The van der Waals surface area contributed by atoms with Gasteiger partial charge in [0.2, 0.25) is 0 Å². The number of guanidine groups is 1. The van der Waals surface area contributed by atoms with Gasteiger partial charge in [-0.2, -0.15) is 0 Å². The first-order valence-corrected chi connectivity index (χ1v) is 9.20. The maximum Gasteiger partial charge on any atom is 0.191 e. The molecule has 0 atom stereocenters. The van der Waals surface area contributed by atoms with Gasteiger partial charge in [-0.15, -0.1) is 35.3 Å². The minimum absolute atomic E-state index is 0. The van der Waals surface area contributed by atoms with Crippen molar-refractivity contribution >= 4 is 58.6 Å². The van der Waals surface area contributed by atoms with Crippen LogP contribution in [0.15, 0.2) is 29.3 Å². The Kier molecular flexibility index (Phi) is 7.33. The Morgan fingerprint density at radius 3 is 2.40 bits per heavy atom. The number of anilines is 1. The zero-order valence-corrected chi connectivity index (χ0v) is 18.3. The summed E-state index contributed by atoms with van der Waals surface area (Å²) in [6.07, 6.45) is 0. The Labute approximate surface area is 174 Å². The summed E-state index contributed by atoms with van der Waals surface area (Å²) < 4.78 is 0. The highest BCUT2D eigenvalue weighted by atomic mass is 127. The zero-order valence-electron chi connectivity index (χ0n) is 14.4. The number of aliphatic imine (C=N–C) groups is 1. The average Bonchev–Trinajstić information content (AvgIpc) is 2.91. The first kappa shape index (κ1) is 20.3. The number of halogens is 2. The molecule has 5 nitrogen and oxygen atoms in total. The molecule has 136 valence electrons. The Morgan fingerprint density at radius 2 is 1.84 bits per heavy atom. The quantitative estimate of drug-likeness (QED) is 0.404. The Balaban J connectivity index is 0.00000225. The van der Waals surface area contributed by atoms with Gasteiger partial charge >= 0.3 is 0 Å². The normalized spacial score (nSPS) is 15.2. The van der Waals surface area contributed by atoms with Gasteiger partial charge in [-0.1, -0.05) is 11.6 Å². The SMILES string of the molecule is Cc1nc(C)c(CN=C(N)N2CCN(c3ccc(Cl)cc3)CC2)s1.I. The van der Waals surface area contributed by atoms with E-state index < -0.39 is 0 Å². The van der Waals surface area contributed by atoms with Crippen molar-refractivity contribution in [1.82, 2.24) is 9.88 Å². The van der Waals surface area contributed by atoms with E-state index in [0.717, 1.165) is 41.9 Å². The van der Waals surface area contributed by atoms with E-state index in [9.17, 15) is 0 Å². The van der Waals surface area contributed by atoms with Crippen LogP contribution in [0.2, 0.25) is 5.02 Å². The Morgan fingerprint density at radius 1 is 1.20 bits per heavy atom. The first-order valence-electron chi connectivity index (χ1n) is 8.01. The van der Waals surface area contributed by atoms with Crippen LogP contribution in [-0.4, -0.2) is 42.0 Å². The standard InChI is InChI=1S/C17H22ClN5S.HI/c1-12-16(24-13(2)21-12)11-20-17(19)23-9-7-22(8-10-23)15-5-3-14(18)4-6-15;/h3-6H,7-11H2,1-2H3,(H2,19,20);1H. The van der Waals surface area contributed by atoms with E-state index in [1.807, 2.05) is 26.0 Å². The maximum absolute atomic E-state index is 6.18. The number of hydrogen-bond donors (Lipinski definition) is 1. The number of nitrogens with two attached hydrogens (primary N) is 1. The zero-order chi connectivity index (χ0) is 17.1. The topological polar surface area (TPSA) is 57.8 Å². The smallest absolute Gasteiger partial charge is 0.191 e.